The van der Waals surface area contributed by atoms with Gasteiger partial charge in [0.05, 0.1) is 5.04 Å². The smallest absolute Gasteiger partial charge is 0.0928 e. The van der Waals surface area contributed by atoms with Crippen LogP contribution in [0.15, 0.2) is 5.10 Å². The van der Waals surface area contributed by atoms with E-state index >= 15 is 0 Å². The van der Waals surface area contributed by atoms with Crippen LogP contribution in [0.1, 0.15) is 20.8 Å². The van der Waals surface area contributed by atoms with E-state index in [-0.39, 0.29) is 0 Å². The Kier molecular flexibility index (Phi) is 4.52. The van der Waals surface area contributed by atoms with Crippen molar-refractivity contribution in [2.75, 3.05) is 13.6 Å². The fourth-order valence-electron chi connectivity index (χ4n) is 0.361. The van der Waals surface area contributed by atoms with Crippen LogP contribution in [0.25, 0.3) is 0 Å². The predicted octanol–water partition coefficient (Wildman–Crippen LogP) is 1.84. The van der Waals surface area contributed by atoms with Gasteiger partial charge in [-0.1, -0.05) is 13.8 Å². The Hall–Kier alpha value is -0.180. The largest absolute Gasteiger partial charge is 0.300 e. The van der Waals surface area contributed by atoms with Gasteiger partial charge in [-0.3, -0.25) is 5.01 Å². The van der Waals surface area contributed by atoms with Gasteiger partial charge >= 0.3 is 0 Å². The first-order valence-corrected chi connectivity index (χ1v) is 4.01. The second kappa shape index (κ2) is 4.61. The molecule has 0 fully saturated rings. The zero-order chi connectivity index (χ0) is 8.15. The molecule has 0 aliphatic heterocycles. The molecule has 0 spiro atoms. The number of nitrogens with zero attached hydrogens (tertiary/aromatic N) is 2. The predicted molar refractivity (Wildman–Crippen MR) is 49.6 cm³/mol. The van der Waals surface area contributed by atoms with Gasteiger partial charge < -0.3 is 0 Å². The maximum Gasteiger partial charge on any atom is 0.0928 e. The maximum atomic E-state index is 4.23. The monoisotopic (exact) mass is 160 g/mol. The molecule has 0 saturated heterocycles. The number of hydrogen-bond acceptors (Lipinski definition) is 2. The molecule has 0 aromatic rings. The van der Waals surface area contributed by atoms with Crippen LogP contribution in [0.3, 0.4) is 0 Å². The summed E-state index contributed by atoms with van der Waals surface area (Å²) >= 11 is 4.23. The third-order valence-electron chi connectivity index (χ3n) is 1.25. The van der Waals surface area contributed by atoms with Crippen molar-refractivity contribution in [1.82, 2.24) is 5.01 Å². The molecule has 10 heavy (non-hydrogen) atoms. The number of rotatable bonds is 3. The molecular formula is C7H16N2S. The average molecular weight is 160 g/mol. The second-order valence-electron chi connectivity index (χ2n) is 2.59. The van der Waals surface area contributed by atoms with Crippen LogP contribution in [0.2, 0.25) is 0 Å². The number of hydrazone groups is 1. The lowest BCUT2D eigenvalue weighted by molar-refractivity contribution is 0.374. The third kappa shape index (κ3) is 3.77. The summed E-state index contributed by atoms with van der Waals surface area (Å²) in [4.78, 5) is 0. The second-order valence-corrected chi connectivity index (χ2v) is 3.04. The van der Waals surface area contributed by atoms with E-state index < -0.39 is 0 Å². The van der Waals surface area contributed by atoms with E-state index in [4.69, 9.17) is 0 Å². The van der Waals surface area contributed by atoms with Gasteiger partial charge in [0.15, 0.2) is 0 Å². The molecule has 3 heteroatoms. The van der Waals surface area contributed by atoms with Crippen LogP contribution < -0.4 is 0 Å². The molecule has 0 N–H and O–H groups in total. The zero-order valence-corrected chi connectivity index (χ0v) is 8.02. The summed E-state index contributed by atoms with van der Waals surface area (Å²) in [5.74, 6) is 0.428. The highest BCUT2D eigenvalue weighted by Gasteiger charge is 1.98. The van der Waals surface area contributed by atoms with E-state index in [0.717, 1.165) is 11.6 Å². The molecule has 0 aromatic carbocycles. The molecule has 0 bridgehead atoms. The highest BCUT2D eigenvalue weighted by atomic mass is 32.1. The quantitative estimate of drug-likeness (QED) is 0.288. The van der Waals surface area contributed by atoms with Crippen molar-refractivity contribution in [3.8, 4) is 0 Å². The van der Waals surface area contributed by atoms with E-state index in [0.29, 0.717) is 5.92 Å². The fraction of sp³-hybridized carbons (Fsp3) is 0.857. The highest BCUT2D eigenvalue weighted by molar-refractivity contribution is 7.97. The van der Waals surface area contributed by atoms with Crippen LogP contribution in [0.5, 0.6) is 0 Å². The summed E-state index contributed by atoms with van der Waals surface area (Å²) in [6.07, 6.45) is 0. The minimum absolute atomic E-state index is 0.428. The fourth-order valence-corrected chi connectivity index (χ4v) is 0.514. The Bertz CT molecular complexity index is 121. The molecule has 0 amide bonds. The first kappa shape index (κ1) is 9.82. The van der Waals surface area contributed by atoms with Gasteiger partial charge in [0.2, 0.25) is 0 Å². The standard InChI is InChI=1S/C7H16N2S/c1-5-9(4)8-7(10)6(2)3/h6H,5H2,1-4H3,(H,8,10). The van der Waals surface area contributed by atoms with Crippen molar-refractivity contribution in [1.29, 1.82) is 0 Å². The van der Waals surface area contributed by atoms with Crippen LogP contribution >= 0.6 is 12.6 Å². The van der Waals surface area contributed by atoms with Crippen molar-refractivity contribution in [3.05, 3.63) is 0 Å². The van der Waals surface area contributed by atoms with Crippen molar-refractivity contribution in [2.24, 2.45) is 11.0 Å². The molecule has 0 heterocycles. The Balaban J connectivity index is 3.89. The molecule has 60 valence electrons. The first-order valence-electron chi connectivity index (χ1n) is 3.56. The lowest BCUT2D eigenvalue weighted by atomic mass is 10.2. The lowest BCUT2D eigenvalue weighted by Gasteiger charge is -2.11. The van der Waals surface area contributed by atoms with Crippen LogP contribution in [0, 0.1) is 5.92 Å². The number of thiol groups is 1. The molecule has 0 rings (SSSR count). The SMILES string of the molecule is CCN(C)/N=C(\S)C(C)C. The molecule has 0 radical (unpaired) electrons. The van der Waals surface area contributed by atoms with E-state index in [9.17, 15) is 0 Å². The minimum atomic E-state index is 0.428. The topological polar surface area (TPSA) is 15.6 Å². The molecule has 0 unspecified atom stereocenters. The number of hydrogen-bond donors (Lipinski definition) is 1. The van der Waals surface area contributed by atoms with E-state index in [1.54, 1.807) is 0 Å². The van der Waals surface area contributed by atoms with E-state index in [1.165, 1.54) is 0 Å². The van der Waals surface area contributed by atoms with Crippen molar-refractivity contribution in [2.45, 2.75) is 20.8 Å². The Labute approximate surface area is 68.7 Å². The highest BCUT2D eigenvalue weighted by Crippen LogP contribution is 2.01. The van der Waals surface area contributed by atoms with Gasteiger partial charge in [0, 0.05) is 19.5 Å². The lowest BCUT2D eigenvalue weighted by Crippen LogP contribution is -2.13. The Morgan fingerprint density at radius 2 is 2.10 bits per heavy atom. The maximum absolute atomic E-state index is 4.23. The molecule has 0 saturated carbocycles. The molecule has 0 aliphatic carbocycles. The summed E-state index contributed by atoms with van der Waals surface area (Å²) in [7, 11) is 1.94. The minimum Gasteiger partial charge on any atom is -0.300 e. The van der Waals surface area contributed by atoms with Gasteiger partial charge in [0.1, 0.15) is 0 Å². The van der Waals surface area contributed by atoms with Gasteiger partial charge in [-0.05, 0) is 6.92 Å². The Morgan fingerprint density at radius 3 is 2.40 bits per heavy atom. The summed E-state index contributed by atoms with van der Waals surface area (Å²) < 4.78 is 0. The van der Waals surface area contributed by atoms with Crippen LogP contribution in [0.4, 0.5) is 0 Å². The van der Waals surface area contributed by atoms with E-state index in [2.05, 4.69) is 38.5 Å². The Morgan fingerprint density at radius 1 is 1.60 bits per heavy atom. The van der Waals surface area contributed by atoms with Crippen molar-refractivity contribution in [3.63, 3.8) is 0 Å². The summed E-state index contributed by atoms with van der Waals surface area (Å²) in [5.41, 5.74) is 0. The van der Waals surface area contributed by atoms with Crippen molar-refractivity contribution < 1.29 is 0 Å². The summed E-state index contributed by atoms with van der Waals surface area (Å²) in [6, 6.07) is 0. The molecule has 0 atom stereocenters. The third-order valence-corrected chi connectivity index (χ3v) is 1.85. The van der Waals surface area contributed by atoms with Gasteiger partial charge in [-0.15, -0.1) is 12.6 Å². The van der Waals surface area contributed by atoms with Gasteiger partial charge in [-0.2, -0.15) is 5.10 Å². The molecule has 0 aliphatic rings. The molecule has 0 aromatic heterocycles. The van der Waals surface area contributed by atoms with Crippen LogP contribution in [-0.4, -0.2) is 23.6 Å². The van der Waals surface area contributed by atoms with Gasteiger partial charge in [-0.25, -0.2) is 0 Å². The van der Waals surface area contributed by atoms with E-state index in [1.807, 2.05) is 12.1 Å². The zero-order valence-electron chi connectivity index (χ0n) is 7.13. The van der Waals surface area contributed by atoms with Crippen LogP contribution in [-0.2, 0) is 0 Å². The first-order chi connectivity index (χ1) is 4.57. The summed E-state index contributed by atoms with van der Waals surface area (Å²) in [6.45, 7) is 7.15. The van der Waals surface area contributed by atoms with Gasteiger partial charge in [0.25, 0.3) is 0 Å². The average Bonchev–Trinajstić information content (AvgIpc) is 1.87. The molecular weight excluding hydrogens is 144 g/mol. The van der Waals surface area contributed by atoms with Crippen molar-refractivity contribution >= 4 is 17.7 Å². The normalized spacial score (nSPS) is 12.4. The summed E-state index contributed by atoms with van der Waals surface area (Å²) in [5, 5.41) is 6.98. The molecule has 2 nitrogen and oxygen atoms in total.